The second-order valence-electron chi connectivity index (χ2n) is 6.21. The quantitative estimate of drug-likeness (QED) is 0.690. The van der Waals surface area contributed by atoms with E-state index in [1.54, 1.807) is 30.3 Å². The second-order valence-corrected chi connectivity index (χ2v) is 6.21. The van der Waals surface area contributed by atoms with Crippen LogP contribution < -0.4 is 25.4 Å². The number of hydrogen-bond acceptors (Lipinski definition) is 4. The summed E-state index contributed by atoms with van der Waals surface area (Å²) in [4.78, 5) is 24.9. The Balaban J connectivity index is 1.91. The molecule has 3 amide bonds. The molecule has 0 saturated carbocycles. The summed E-state index contributed by atoms with van der Waals surface area (Å²) in [6.07, 6.45) is 0. The molecule has 0 bridgehead atoms. The monoisotopic (exact) mass is 403 g/mol. The van der Waals surface area contributed by atoms with Gasteiger partial charge in [0.15, 0.2) is 0 Å². The first-order valence-electron chi connectivity index (χ1n) is 8.64. The lowest BCUT2D eigenvalue weighted by molar-refractivity contribution is -0.119. The minimum atomic E-state index is -3.05. The largest absolute Gasteiger partial charge is 0.497 e. The molecule has 0 aliphatic carbocycles. The standard InChI is InChI=1S/C20H19F2N3O4/c1-11-16(18(26)24-12-7-9-13(28-2)10-8-12)17(25-20(27)23-11)14-5-3-4-6-15(14)29-19(21)22/h3-10,16-17,19H,1H2,2H3,(H,24,26)(H2,23,25,27)/t16-,17-/m0/s1. The lowest BCUT2D eigenvalue weighted by Crippen LogP contribution is -2.51. The average molecular weight is 403 g/mol. The second kappa shape index (κ2) is 8.59. The highest BCUT2D eigenvalue weighted by Crippen LogP contribution is 2.36. The summed E-state index contributed by atoms with van der Waals surface area (Å²) >= 11 is 0. The van der Waals surface area contributed by atoms with Gasteiger partial charge in [-0.2, -0.15) is 8.78 Å². The molecule has 1 aliphatic rings. The van der Waals surface area contributed by atoms with Gasteiger partial charge in [-0.05, 0) is 30.3 Å². The summed E-state index contributed by atoms with van der Waals surface area (Å²) in [5.74, 6) is -0.971. The Bertz CT molecular complexity index is 918. The molecular weight excluding hydrogens is 384 g/mol. The third kappa shape index (κ3) is 4.63. The first kappa shape index (κ1) is 20.1. The fourth-order valence-electron chi connectivity index (χ4n) is 3.09. The molecule has 3 N–H and O–H groups in total. The van der Waals surface area contributed by atoms with Crippen molar-refractivity contribution in [3.8, 4) is 11.5 Å². The van der Waals surface area contributed by atoms with Crippen LogP contribution in [0.5, 0.6) is 11.5 Å². The molecule has 1 fully saturated rings. The molecule has 0 radical (unpaired) electrons. The highest BCUT2D eigenvalue weighted by molar-refractivity contribution is 5.97. The average Bonchev–Trinajstić information content (AvgIpc) is 2.68. The molecule has 0 aromatic heterocycles. The summed E-state index contributed by atoms with van der Waals surface area (Å²) < 4.78 is 35.2. The molecule has 3 rings (SSSR count). The first-order valence-corrected chi connectivity index (χ1v) is 8.64. The van der Waals surface area contributed by atoms with Gasteiger partial charge < -0.3 is 25.4 Å². The number of rotatable bonds is 6. The minimum Gasteiger partial charge on any atom is -0.497 e. The lowest BCUT2D eigenvalue weighted by atomic mass is 9.87. The van der Waals surface area contributed by atoms with Crippen molar-refractivity contribution in [3.05, 3.63) is 66.4 Å². The van der Waals surface area contributed by atoms with Crippen LogP contribution in [0.3, 0.4) is 0 Å². The fourth-order valence-corrected chi connectivity index (χ4v) is 3.09. The number of benzene rings is 2. The maximum Gasteiger partial charge on any atom is 0.387 e. The van der Waals surface area contributed by atoms with Gasteiger partial charge in [0.2, 0.25) is 5.91 Å². The van der Waals surface area contributed by atoms with E-state index in [-0.39, 0.29) is 17.0 Å². The van der Waals surface area contributed by atoms with Crippen molar-refractivity contribution in [2.24, 2.45) is 5.92 Å². The van der Waals surface area contributed by atoms with Crippen LogP contribution in [0.2, 0.25) is 0 Å². The molecule has 7 nitrogen and oxygen atoms in total. The zero-order chi connectivity index (χ0) is 21.0. The van der Waals surface area contributed by atoms with E-state index in [2.05, 4.69) is 27.3 Å². The summed E-state index contributed by atoms with van der Waals surface area (Å²) in [6, 6.07) is 11.1. The van der Waals surface area contributed by atoms with E-state index in [1.807, 2.05) is 0 Å². The van der Waals surface area contributed by atoms with E-state index in [1.165, 1.54) is 25.3 Å². The number of anilines is 1. The van der Waals surface area contributed by atoms with Gasteiger partial charge in [-0.25, -0.2) is 4.79 Å². The molecule has 9 heteroatoms. The lowest BCUT2D eigenvalue weighted by Gasteiger charge is -2.34. The Morgan fingerprint density at radius 1 is 1.17 bits per heavy atom. The maximum atomic E-state index is 13.0. The maximum absolute atomic E-state index is 13.0. The van der Waals surface area contributed by atoms with Crippen molar-refractivity contribution in [1.82, 2.24) is 10.6 Å². The van der Waals surface area contributed by atoms with Crippen LogP contribution in [0, 0.1) is 5.92 Å². The topological polar surface area (TPSA) is 88.7 Å². The van der Waals surface area contributed by atoms with Gasteiger partial charge in [0.1, 0.15) is 17.4 Å². The fraction of sp³-hybridized carbons (Fsp3) is 0.200. The first-order chi connectivity index (χ1) is 13.9. The van der Waals surface area contributed by atoms with Gasteiger partial charge >= 0.3 is 12.6 Å². The molecule has 0 unspecified atom stereocenters. The van der Waals surface area contributed by atoms with E-state index in [9.17, 15) is 18.4 Å². The van der Waals surface area contributed by atoms with Crippen LogP contribution in [0.15, 0.2) is 60.8 Å². The number of methoxy groups -OCH3 is 1. The number of carbonyl (C=O) groups excluding carboxylic acids is 2. The van der Waals surface area contributed by atoms with E-state index in [4.69, 9.17) is 4.74 Å². The summed E-state index contributed by atoms with van der Waals surface area (Å²) in [5.41, 5.74) is 0.867. The number of para-hydroxylation sites is 1. The summed E-state index contributed by atoms with van der Waals surface area (Å²) in [7, 11) is 1.53. The van der Waals surface area contributed by atoms with Crippen LogP contribution in [0.4, 0.5) is 19.3 Å². The van der Waals surface area contributed by atoms with E-state index in [0.29, 0.717) is 11.4 Å². The zero-order valence-corrected chi connectivity index (χ0v) is 15.4. The Morgan fingerprint density at radius 2 is 1.86 bits per heavy atom. The zero-order valence-electron chi connectivity index (χ0n) is 15.4. The summed E-state index contributed by atoms with van der Waals surface area (Å²) in [6.45, 7) is 0.708. The Labute approximate surface area is 165 Å². The Hall–Kier alpha value is -3.62. The van der Waals surface area contributed by atoms with Crippen molar-refractivity contribution < 1.29 is 27.8 Å². The Kier molecular flexibility index (Phi) is 5.96. The third-order valence-corrected chi connectivity index (χ3v) is 4.38. The van der Waals surface area contributed by atoms with Crippen LogP contribution >= 0.6 is 0 Å². The molecule has 2 aromatic carbocycles. The number of amides is 3. The predicted molar refractivity (Wildman–Crippen MR) is 102 cm³/mol. The van der Waals surface area contributed by atoms with Crippen LogP contribution in [-0.4, -0.2) is 25.7 Å². The van der Waals surface area contributed by atoms with Crippen LogP contribution in [0.25, 0.3) is 0 Å². The molecule has 152 valence electrons. The minimum absolute atomic E-state index is 0.134. The number of urea groups is 1. The Morgan fingerprint density at radius 3 is 2.52 bits per heavy atom. The van der Waals surface area contributed by atoms with Gasteiger partial charge in [0.25, 0.3) is 0 Å². The van der Waals surface area contributed by atoms with E-state index in [0.717, 1.165) is 0 Å². The number of halogens is 2. The SMILES string of the molecule is C=C1NC(=O)N[C@@H](c2ccccc2OC(F)F)[C@H]1C(=O)Nc1ccc(OC)cc1. The number of nitrogens with one attached hydrogen (secondary N) is 3. The number of carbonyl (C=O) groups is 2. The van der Waals surface area contributed by atoms with Crippen molar-refractivity contribution >= 4 is 17.6 Å². The van der Waals surface area contributed by atoms with Gasteiger partial charge in [-0.3, -0.25) is 4.79 Å². The molecule has 2 aromatic rings. The number of alkyl halides is 2. The highest BCUT2D eigenvalue weighted by Gasteiger charge is 2.39. The van der Waals surface area contributed by atoms with Crippen LogP contribution in [0.1, 0.15) is 11.6 Å². The van der Waals surface area contributed by atoms with Gasteiger partial charge in [-0.1, -0.05) is 24.8 Å². The van der Waals surface area contributed by atoms with E-state index >= 15 is 0 Å². The number of hydrogen-bond donors (Lipinski definition) is 3. The molecule has 1 saturated heterocycles. The third-order valence-electron chi connectivity index (χ3n) is 4.38. The molecule has 1 aliphatic heterocycles. The summed E-state index contributed by atoms with van der Waals surface area (Å²) in [5, 5.41) is 7.79. The number of ether oxygens (including phenoxy) is 2. The molecule has 1 heterocycles. The highest BCUT2D eigenvalue weighted by atomic mass is 19.3. The normalized spacial score (nSPS) is 18.6. The molecule has 0 spiro atoms. The van der Waals surface area contributed by atoms with Crippen molar-refractivity contribution in [3.63, 3.8) is 0 Å². The van der Waals surface area contributed by atoms with Crippen molar-refractivity contribution in [2.45, 2.75) is 12.7 Å². The van der Waals surface area contributed by atoms with Crippen molar-refractivity contribution in [2.75, 3.05) is 12.4 Å². The van der Waals surface area contributed by atoms with Crippen molar-refractivity contribution in [1.29, 1.82) is 0 Å². The van der Waals surface area contributed by atoms with E-state index < -0.39 is 30.5 Å². The molecule has 29 heavy (non-hydrogen) atoms. The van der Waals surface area contributed by atoms with Gasteiger partial charge in [-0.15, -0.1) is 0 Å². The molecular formula is C20H19F2N3O4. The van der Waals surface area contributed by atoms with Gasteiger partial charge in [0.05, 0.1) is 13.2 Å². The molecule has 2 atom stereocenters. The predicted octanol–water partition coefficient (Wildman–Crippen LogP) is 3.42. The smallest absolute Gasteiger partial charge is 0.387 e. The van der Waals surface area contributed by atoms with Gasteiger partial charge in [0, 0.05) is 16.9 Å². The van der Waals surface area contributed by atoms with Crippen LogP contribution in [-0.2, 0) is 4.79 Å².